The summed E-state index contributed by atoms with van der Waals surface area (Å²) < 4.78 is 0. The third-order valence-electron chi connectivity index (χ3n) is 10.8. The summed E-state index contributed by atoms with van der Waals surface area (Å²) >= 11 is 0. The quantitative estimate of drug-likeness (QED) is 0.150. The number of rotatable bonds is 7. The molecule has 0 aliphatic heterocycles. The highest BCUT2D eigenvalue weighted by Crippen LogP contribution is 2.43. The van der Waals surface area contributed by atoms with Crippen molar-refractivity contribution in [1.82, 2.24) is 0 Å². The Bertz CT molecular complexity index is 2970. The van der Waals surface area contributed by atoms with Crippen molar-refractivity contribution >= 4 is 49.4 Å². The van der Waals surface area contributed by atoms with Crippen LogP contribution in [0, 0.1) is 0 Å². The number of nitrogens with zero attached hydrogens (tertiary/aromatic N) is 1. The predicted molar refractivity (Wildman–Crippen MR) is 235 cm³/mol. The Morgan fingerprint density at radius 3 is 1.53 bits per heavy atom. The molecule has 258 valence electrons. The van der Waals surface area contributed by atoms with E-state index >= 15 is 0 Å². The smallest absolute Gasteiger partial charge is 0.0540 e. The van der Waals surface area contributed by atoms with Crippen molar-refractivity contribution < 1.29 is 0 Å². The van der Waals surface area contributed by atoms with E-state index in [9.17, 15) is 0 Å². The molecule has 1 heteroatoms. The van der Waals surface area contributed by atoms with E-state index in [4.69, 9.17) is 0 Å². The molecule has 0 spiro atoms. The van der Waals surface area contributed by atoms with Gasteiger partial charge in [-0.25, -0.2) is 0 Å². The fraction of sp³-hybridized carbons (Fsp3) is 0. The number of anilines is 3. The maximum atomic E-state index is 2.42. The van der Waals surface area contributed by atoms with Crippen molar-refractivity contribution in [1.29, 1.82) is 0 Å². The fourth-order valence-corrected chi connectivity index (χ4v) is 8.12. The number of hydrogen-bond acceptors (Lipinski definition) is 1. The molecule has 10 rings (SSSR count). The van der Waals surface area contributed by atoms with Gasteiger partial charge in [-0.2, -0.15) is 0 Å². The van der Waals surface area contributed by atoms with E-state index in [1.54, 1.807) is 0 Å². The number of fused-ring (bicyclic) bond motifs is 4. The van der Waals surface area contributed by atoms with Crippen LogP contribution in [0.5, 0.6) is 0 Å². The molecule has 0 unspecified atom stereocenters. The molecule has 0 saturated heterocycles. The highest BCUT2D eigenvalue weighted by atomic mass is 15.1. The standard InChI is InChI=1S/C54H37N/c1-2-13-38(14-3-1)42-18-10-19-43(35-42)39-29-31-47(32-30-39)55(48-33-34-52-46(37-48)28-27-41-16-5-7-23-50(41)52)54-26-9-8-24-53(54)45-21-11-20-44(36-45)51-25-12-17-40-15-4-6-22-49(40)51/h1-37H. The van der Waals surface area contributed by atoms with Gasteiger partial charge < -0.3 is 4.90 Å². The summed E-state index contributed by atoms with van der Waals surface area (Å²) in [6, 6.07) is 81.5. The summed E-state index contributed by atoms with van der Waals surface area (Å²) in [6.45, 7) is 0. The third kappa shape index (κ3) is 6.12. The van der Waals surface area contributed by atoms with E-state index in [1.165, 1.54) is 76.8 Å². The van der Waals surface area contributed by atoms with Crippen molar-refractivity contribution in [2.45, 2.75) is 0 Å². The largest absolute Gasteiger partial charge is 0.310 e. The zero-order valence-electron chi connectivity index (χ0n) is 30.3. The summed E-state index contributed by atoms with van der Waals surface area (Å²) in [6.07, 6.45) is 0. The molecule has 0 bridgehead atoms. The monoisotopic (exact) mass is 699 g/mol. The Kier molecular flexibility index (Phi) is 8.24. The second-order valence-electron chi connectivity index (χ2n) is 14.1. The van der Waals surface area contributed by atoms with Crippen molar-refractivity contribution in [3.8, 4) is 44.5 Å². The Morgan fingerprint density at radius 1 is 0.236 bits per heavy atom. The minimum Gasteiger partial charge on any atom is -0.310 e. The molecule has 0 heterocycles. The number of hydrogen-bond donors (Lipinski definition) is 0. The molecule has 0 amide bonds. The van der Waals surface area contributed by atoms with Gasteiger partial charge in [-0.3, -0.25) is 0 Å². The van der Waals surface area contributed by atoms with Gasteiger partial charge in [-0.1, -0.05) is 182 Å². The van der Waals surface area contributed by atoms with Gasteiger partial charge in [0.25, 0.3) is 0 Å². The van der Waals surface area contributed by atoms with E-state index in [1.807, 2.05) is 0 Å². The summed E-state index contributed by atoms with van der Waals surface area (Å²) in [7, 11) is 0. The number of para-hydroxylation sites is 1. The van der Waals surface area contributed by atoms with Crippen LogP contribution in [0.3, 0.4) is 0 Å². The maximum absolute atomic E-state index is 2.42. The van der Waals surface area contributed by atoms with Crippen LogP contribution < -0.4 is 4.90 Å². The minimum atomic E-state index is 1.10. The molecule has 0 aromatic heterocycles. The summed E-state index contributed by atoms with van der Waals surface area (Å²) in [5, 5.41) is 7.50. The molecule has 0 radical (unpaired) electrons. The first kappa shape index (κ1) is 32.4. The summed E-state index contributed by atoms with van der Waals surface area (Å²) in [4.78, 5) is 2.42. The summed E-state index contributed by atoms with van der Waals surface area (Å²) in [5.74, 6) is 0. The molecule has 1 nitrogen and oxygen atoms in total. The first-order valence-corrected chi connectivity index (χ1v) is 18.9. The van der Waals surface area contributed by atoms with Crippen molar-refractivity contribution in [2.75, 3.05) is 4.90 Å². The Morgan fingerprint density at radius 2 is 0.727 bits per heavy atom. The van der Waals surface area contributed by atoms with Gasteiger partial charge in [-0.05, 0) is 114 Å². The first-order chi connectivity index (χ1) is 27.3. The van der Waals surface area contributed by atoms with Gasteiger partial charge in [0.2, 0.25) is 0 Å². The SMILES string of the molecule is c1ccc(-c2cccc(-c3ccc(N(c4ccc5c(ccc6ccccc65)c4)c4ccccc4-c4cccc(-c5cccc6ccccc56)c4)cc3)c2)cc1. The normalized spacial score (nSPS) is 11.3. The molecular formula is C54H37N. The predicted octanol–water partition coefficient (Wildman–Crippen LogP) is 15.3. The molecule has 0 aliphatic carbocycles. The lowest BCUT2D eigenvalue weighted by Crippen LogP contribution is -2.11. The van der Waals surface area contributed by atoms with Crippen molar-refractivity contribution in [3.63, 3.8) is 0 Å². The van der Waals surface area contributed by atoms with Crippen LogP contribution in [0.4, 0.5) is 17.1 Å². The molecular weight excluding hydrogens is 663 g/mol. The second-order valence-corrected chi connectivity index (χ2v) is 14.1. The van der Waals surface area contributed by atoms with E-state index in [-0.39, 0.29) is 0 Å². The van der Waals surface area contributed by atoms with Crippen LogP contribution >= 0.6 is 0 Å². The molecule has 0 atom stereocenters. The zero-order valence-corrected chi connectivity index (χ0v) is 30.3. The van der Waals surface area contributed by atoms with Crippen LogP contribution in [0.2, 0.25) is 0 Å². The molecule has 10 aromatic rings. The van der Waals surface area contributed by atoms with Gasteiger partial charge in [0.15, 0.2) is 0 Å². The van der Waals surface area contributed by atoms with Gasteiger partial charge in [-0.15, -0.1) is 0 Å². The Labute approximate surface area is 322 Å². The Hall–Kier alpha value is -7.22. The highest BCUT2D eigenvalue weighted by Gasteiger charge is 2.19. The molecule has 10 aromatic carbocycles. The summed E-state index contributed by atoms with van der Waals surface area (Å²) in [5.41, 5.74) is 12.9. The van der Waals surface area contributed by atoms with Gasteiger partial charge in [0, 0.05) is 16.9 Å². The van der Waals surface area contributed by atoms with E-state index < -0.39 is 0 Å². The van der Waals surface area contributed by atoms with Crippen LogP contribution in [0.25, 0.3) is 76.8 Å². The maximum Gasteiger partial charge on any atom is 0.0540 e. The average molecular weight is 700 g/mol. The lowest BCUT2D eigenvalue weighted by atomic mass is 9.94. The lowest BCUT2D eigenvalue weighted by molar-refractivity contribution is 1.29. The van der Waals surface area contributed by atoms with Crippen LogP contribution in [-0.4, -0.2) is 0 Å². The fourth-order valence-electron chi connectivity index (χ4n) is 8.12. The number of benzene rings is 10. The molecule has 0 saturated carbocycles. The molecule has 55 heavy (non-hydrogen) atoms. The van der Waals surface area contributed by atoms with Gasteiger partial charge in [0.05, 0.1) is 5.69 Å². The molecule has 0 aliphatic rings. The Balaban J connectivity index is 1.11. The van der Waals surface area contributed by atoms with Crippen molar-refractivity contribution in [2.24, 2.45) is 0 Å². The zero-order chi connectivity index (χ0) is 36.6. The lowest BCUT2D eigenvalue weighted by Gasteiger charge is -2.28. The van der Waals surface area contributed by atoms with E-state index in [0.717, 1.165) is 17.1 Å². The molecule has 0 N–H and O–H groups in total. The topological polar surface area (TPSA) is 3.24 Å². The van der Waals surface area contributed by atoms with Gasteiger partial charge >= 0.3 is 0 Å². The minimum absolute atomic E-state index is 1.10. The van der Waals surface area contributed by atoms with Crippen LogP contribution in [0.15, 0.2) is 224 Å². The van der Waals surface area contributed by atoms with Crippen LogP contribution in [-0.2, 0) is 0 Å². The molecule has 0 fully saturated rings. The van der Waals surface area contributed by atoms with Gasteiger partial charge in [0.1, 0.15) is 0 Å². The average Bonchev–Trinajstić information content (AvgIpc) is 3.27. The first-order valence-electron chi connectivity index (χ1n) is 18.9. The van der Waals surface area contributed by atoms with E-state index in [2.05, 4.69) is 229 Å². The van der Waals surface area contributed by atoms with E-state index in [0.29, 0.717) is 0 Å². The van der Waals surface area contributed by atoms with Crippen molar-refractivity contribution in [3.05, 3.63) is 224 Å². The second kappa shape index (κ2) is 14.0. The third-order valence-corrected chi connectivity index (χ3v) is 10.8. The van der Waals surface area contributed by atoms with Crippen LogP contribution in [0.1, 0.15) is 0 Å². The highest BCUT2D eigenvalue weighted by molar-refractivity contribution is 6.09.